The Morgan fingerprint density at radius 1 is 1.13 bits per heavy atom. The van der Waals surface area contributed by atoms with E-state index in [-0.39, 0.29) is 30.2 Å². The largest absolute Gasteiger partial charge is 0.352 e. The van der Waals surface area contributed by atoms with Gasteiger partial charge >= 0.3 is 0 Å². The number of aromatic nitrogens is 2. The number of nitrogens with one attached hydrogen (secondary N) is 2. The number of carbonyl (C=O) groups excluding carboxylic acids is 2. The molecule has 0 aliphatic heterocycles. The smallest absolute Gasteiger partial charge is 0.239 e. The maximum Gasteiger partial charge on any atom is 0.239 e. The number of thioether (sulfide) groups is 1. The predicted molar refractivity (Wildman–Crippen MR) is 125 cm³/mol. The van der Waals surface area contributed by atoms with Gasteiger partial charge in [-0.3, -0.25) is 9.59 Å². The molecule has 0 saturated heterocycles. The molecule has 1 aromatic carbocycles. The Labute approximate surface area is 187 Å². The Bertz CT molecular complexity index is 831. The molecule has 0 atom stereocenters. The third kappa shape index (κ3) is 6.98. The van der Waals surface area contributed by atoms with E-state index in [1.807, 2.05) is 20.8 Å². The lowest BCUT2D eigenvalue weighted by Crippen LogP contribution is -2.43. The maximum atomic E-state index is 12.5. The second-order valence-electron chi connectivity index (χ2n) is 7.08. The molecule has 2 aromatic rings. The van der Waals surface area contributed by atoms with Crippen molar-refractivity contribution in [2.24, 2.45) is 0 Å². The summed E-state index contributed by atoms with van der Waals surface area (Å²) in [4.78, 5) is 26.0. The van der Waals surface area contributed by atoms with Crippen LogP contribution < -0.4 is 10.6 Å². The number of carbonyl (C=O) groups is 2. The number of amides is 2. The van der Waals surface area contributed by atoms with Gasteiger partial charge in [0.2, 0.25) is 16.9 Å². The molecular weight excluding hydrogens is 418 g/mol. The summed E-state index contributed by atoms with van der Waals surface area (Å²) < 4.78 is 0.723. The molecule has 0 fully saturated rings. The van der Waals surface area contributed by atoms with E-state index in [4.69, 9.17) is 0 Å². The topological polar surface area (TPSA) is 87.2 Å². The molecule has 0 radical (unpaired) electrons. The van der Waals surface area contributed by atoms with E-state index < -0.39 is 0 Å². The lowest BCUT2D eigenvalue weighted by atomic mass is 10.0. The molecule has 0 unspecified atom stereocenters. The molecule has 9 heteroatoms. The van der Waals surface area contributed by atoms with E-state index >= 15 is 0 Å². The summed E-state index contributed by atoms with van der Waals surface area (Å²) in [6.07, 6.45) is 1.87. The van der Waals surface area contributed by atoms with Gasteiger partial charge in [-0.05, 0) is 44.7 Å². The zero-order valence-electron chi connectivity index (χ0n) is 18.3. The molecule has 2 amide bonds. The fourth-order valence-electron chi connectivity index (χ4n) is 2.96. The first-order valence-electron chi connectivity index (χ1n) is 10.3. The van der Waals surface area contributed by atoms with Crippen LogP contribution in [0.5, 0.6) is 0 Å². The monoisotopic (exact) mass is 449 g/mol. The molecule has 30 heavy (non-hydrogen) atoms. The molecule has 0 aliphatic carbocycles. The highest BCUT2D eigenvalue weighted by Gasteiger charge is 2.17. The van der Waals surface area contributed by atoms with E-state index in [0.717, 1.165) is 22.9 Å². The van der Waals surface area contributed by atoms with Gasteiger partial charge in [-0.1, -0.05) is 55.1 Å². The van der Waals surface area contributed by atoms with Gasteiger partial charge in [-0.25, -0.2) is 0 Å². The first kappa shape index (κ1) is 24.1. The molecule has 1 heterocycles. The number of nitrogens with zero attached hydrogens (tertiary/aromatic N) is 3. The van der Waals surface area contributed by atoms with Gasteiger partial charge in [-0.2, -0.15) is 0 Å². The average Bonchev–Trinajstić information content (AvgIpc) is 3.17. The van der Waals surface area contributed by atoms with Crippen molar-refractivity contribution >= 4 is 45.7 Å². The number of benzene rings is 1. The molecule has 7 nitrogen and oxygen atoms in total. The quantitative estimate of drug-likeness (QED) is 0.507. The van der Waals surface area contributed by atoms with E-state index in [9.17, 15) is 9.59 Å². The van der Waals surface area contributed by atoms with Gasteiger partial charge in [-0.15, -0.1) is 10.2 Å². The molecular formula is C21H31N5O2S2. The average molecular weight is 450 g/mol. The van der Waals surface area contributed by atoms with Gasteiger partial charge in [0.1, 0.15) is 0 Å². The van der Waals surface area contributed by atoms with Crippen LogP contribution in [-0.2, 0) is 22.4 Å². The molecule has 0 spiro atoms. The highest BCUT2D eigenvalue weighted by molar-refractivity contribution is 8.01. The summed E-state index contributed by atoms with van der Waals surface area (Å²) >= 11 is 2.78. The van der Waals surface area contributed by atoms with Gasteiger partial charge < -0.3 is 15.5 Å². The Kier molecular flexibility index (Phi) is 9.58. The van der Waals surface area contributed by atoms with Crippen LogP contribution in [0.25, 0.3) is 0 Å². The van der Waals surface area contributed by atoms with Crippen LogP contribution in [0.1, 0.15) is 45.7 Å². The van der Waals surface area contributed by atoms with E-state index in [1.165, 1.54) is 34.2 Å². The number of rotatable bonds is 11. The van der Waals surface area contributed by atoms with Gasteiger partial charge in [0, 0.05) is 18.3 Å². The second kappa shape index (κ2) is 11.9. The molecule has 0 aliphatic rings. The van der Waals surface area contributed by atoms with Crippen LogP contribution >= 0.6 is 23.1 Å². The van der Waals surface area contributed by atoms with Crippen LogP contribution in [-0.4, -0.2) is 51.8 Å². The number of likely N-dealkylation sites (N-methyl/N-ethyl adjacent to an activating group) is 1. The van der Waals surface area contributed by atoms with Crippen LogP contribution in [0, 0.1) is 0 Å². The Morgan fingerprint density at radius 3 is 2.37 bits per heavy atom. The van der Waals surface area contributed by atoms with Crippen molar-refractivity contribution in [3.8, 4) is 0 Å². The van der Waals surface area contributed by atoms with Crippen molar-refractivity contribution in [3.63, 3.8) is 0 Å². The van der Waals surface area contributed by atoms with Crippen molar-refractivity contribution < 1.29 is 9.59 Å². The summed E-state index contributed by atoms with van der Waals surface area (Å²) in [5.74, 6) is -0.00644. The fraction of sp³-hybridized carbons (Fsp3) is 0.524. The fourth-order valence-corrected chi connectivity index (χ4v) is 4.62. The minimum Gasteiger partial charge on any atom is -0.352 e. The second-order valence-corrected chi connectivity index (χ2v) is 9.28. The Balaban J connectivity index is 1.96. The number of anilines is 2. The van der Waals surface area contributed by atoms with E-state index in [2.05, 4.69) is 52.9 Å². The van der Waals surface area contributed by atoms with Gasteiger partial charge in [0.25, 0.3) is 0 Å². The van der Waals surface area contributed by atoms with Crippen molar-refractivity contribution in [1.29, 1.82) is 0 Å². The van der Waals surface area contributed by atoms with Crippen LogP contribution in [0.15, 0.2) is 22.5 Å². The third-order valence-electron chi connectivity index (χ3n) is 4.47. The number of hydrogen-bond acceptors (Lipinski definition) is 7. The van der Waals surface area contributed by atoms with E-state index in [0.29, 0.717) is 11.7 Å². The summed E-state index contributed by atoms with van der Waals surface area (Å²) in [6, 6.07) is 6.37. The molecule has 1 aromatic heterocycles. The van der Waals surface area contributed by atoms with Crippen molar-refractivity contribution in [2.75, 3.05) is 24.2 Å². The first-order valence-corrected chi connectivity index (χ1v) is 12.1. The lowest BCUT2D eigenvalue weighted by Gasteiger charge is -2.20. The molecule has 2 rings (SSSR count). The molecule has 2 N–H and O–H groups in total. The van der Waals surface area contributed by atoms with Crippen molar-refractivity contribution in [3.05, 3.63) is 29.3 Å². The van der Waals surface area contributed by atoms with Crippen LogP contribution in [0.2, 0.25) is 0 Å². The van der Waals surface area contributed by atoms with Crippen molar-refractivity contribution in [1.82, 2.24) is 20.4 Å². The van der Waals surface area contributed by atoms with Crippen LogP contribution in [0.3, 0.4) is 0 Å². The Morgan fingerprint density at radius 2 is 1.80 bits per heavy atom. The minimum absolute atomic E-state index is 0.0547. The maximum absolute atomic E-state index is 12.5. The third-order valence-corrected chi connectivity index (χ3v) is 6.43. The Hall–Kier alpha value is -2.13. The summed E-state index contributed by atoms with van der Waals surface area (Å²) in [7, 11) is 0. The number of para-hydroxylation sites is 1. The minimum atomic E-state index is -0.145. The van der Waals surface area contributed by atoms with E-state index in [1.54, 1.807) is 4.90 Å². The number of hydrogen-bond donors (Lipinski definition) is 2. The highest BCUT2D eigenvalue weighted by atomic mass is 32.2. The number of aryl methyl sites for hydroxylation is 2. The van der Waals surface area contributed by atoms with Gasteiger partial charge in [0.05, 0.1) is 12.3 Å². The normalized spacial score (nSPS) is 10.9. The molecule has 0 saturated carbocycles. The summed E-state index contributed by atoms with van der Waals surface area (Å²) in [6.45, 7) is 10.5. The first-order chi connectivity index (χ1) is 14.4. The summed E-state index contributed by atoms with van der Waals surface area (Å²) in [5, 5.41) is 15.4. The summed E-state index contributed by atoms with van der Waals surface area (Å²) in [5.41, 5.74) is 3.58. The van der Waals surface area contributed by atoms with Gasteiger partial charge in [0.15, 0.2) is 4.34 Å². The molecule has 164 valence electrons. The zero-order valence-corrected chi connectivity index (χ0v) is 20.0. The SMILES string of the molecule is CCc1cccc(CC)c1Nc1nnc(SCC(=O)N(CC)CC(=O)NC(C)C)s1. The predicted octanol–water partition coefficient (Wildman–Crippen LogP) is 3.87. The highest BCUT2D eigenvalue weighted by Crippen LogP contribution is 2.31. The lowest BCUT2D eigenvalue weighted by molar-refractivity contribution is -0.134. The van der Waals surface area contributed by atoms with Crippen LogP contribution in [0.4, 0.5) is 10.8 Å². The standard InChI is InChI=1S/C21H31N5O2S2/c1-6-15-10-9-11-16(7-2)19(15)23-20-24-25-21(30-20)29-13-18(28)26(8-3)12-17(27)22-14(4)5/h9-11,14H,6-8,12-13H2,1-5H3,(H,22,27)(H,23,24). The van der Waals surface area contributed by atoms with Crippen molar-refractivity contribution in [2.45, 2.75) is 57.8 Å². The zero-order chi connectivity index (χ0) is 22.1. The molecule has 0 bridgehead atoms.